The van der Waals surface area contributed by atoms with E-state index in [2.05, 4.69) is 15.9 Å². The van der Waals surface area contributed by atoms with Gasteiger partial charge in [0, 0.05) is 12.3 Å². The van der Waals surface area contributed by atoms with Crippen LogP contribution in [0.5, 0.6) is 5.75 Å². The van der Waals surface area contributed by atoms with E-state index in [0.717, 1.165) is 10.9 Å². The Balaban J connectivity index is 0.00000169. The Morgan fingerprint density at radius 1 is 1.57 bits per heavy atom. The van der Waals surface area contributed by atoms with Crippen LogP contribution in [0.2, 0.25) is 5.02 Å². The van der Waals surface area contributed by atoms with E-state index in [1.54, 1.807) is 12.1 Å². The Bertz CT molecular complexity index is 329. The van der Waals surface area contributed by atoms with Crippen molar-refractivity contribution in [1.82, 2.24) is 0 Å². The third kappa shape index (κ3) is 3.98. The van der Waals surface area contributed by atoms with E-state index in [1.807, 2.05) is 6.07 Å². The van der Waals surface area contributed by atoms with Crippen LogP contribution in [0, 0.1) is 0 Å². The van der Waals surface area contributed by atoms with Crippen LogP contribution < -0.4 is 4.74 Å². The highest BCUT2D eigenvalue weighted by molar-refractivity contribution is 9.08. The van der Waals surface area contributed by atoms with Gasteiger partial charge in [0.15, 0.2) is 0 Å². The van der Waals surface area contributed by atoms with Crippen molar-refractivity contribution in [3.63, 3.8) is 0 Å². The smallest absolute Gasteiger partial charge is 0.308 e. The van der Waals surface area contributed by atoms with Gasteiger partial charge in [0.1, 0.15) is 5.75 Å². The van der Waals surface area contributed by atoms with Crippen molar-refractivity contribution in [1.29, 1.82) is 0 Å². The lowest BCUT2D eigenvalue weighted by Gasteiger charge is -2.04. The van der Waals surface area contributed by atoms with Crippen LogP contribution in [0.4, 0.5) is 0 Å². The van der Waals surface area contributed by atoms with E-state index in [0.29, 0.717) is 10.8 Å². The number of carbonyl (C=O) groups excluding carboxylic acids is 1. The lowest BCUT2D eigenvalue weighted by atomic mass is 10.2. The van der Waals surface area contributed by atoms with Gasteiger partial charge in [0.05, 0.1) is 5.02 Å². The molecule has 0 atom stereocenters. The number of rotatable bonds is 2. The summed E-state index contributed by atoms with van der Waals surface area (Å²) >= 11 is 9.15. The quantitative estimate of drug-likeness (QED) is 0.464. The minimum absolute atomic E-state index is 0. The summed E-state index contributed by atoms with van der Waals surface area (Å²) in [7, 11) is 0. The summed E-state index contributed by atoms with van der Waals surface area (Å²) < 4.78 is 4.86. The summed E-state index contributed by atoms with van der Waals surface area (Å²) in [5.41, 5.74) is 1.04. The number of benzene rings is 1. The number of hydrogen-bond donors (Lipinski definition) is 0. The molecule has 0 saturated carbocycles. The first-order chi connectivity index (χ1) is 6.13. The standard InChI is InChI=1S/C9H8BrClO2.BrH/c1-6(12)13-9-3-2-7(5-10)4-8(9)11;/h2-4H,5H2,1H3;1H. The van der Waals surface area contributed by atoms with Crippen LogP contribution in [0.25, 0.3) is 0 Å². The topological polar surface area (TPSA) is 26.3 Å². The summed E-state index contributed by atoms with van der Waals surface area (Å²) in [5, 5.41) is 1.18. The van der Waals surface area contributed by atoms with Gasteiger partial charge >= 0.3 is 5.97 Å². The molecule has 0 N–H and O–H groups in total. The van der Waals surface area contributed by atoms with Gasteiger partial charge in [-0.05, 0) is 17.7 Å². The first-order valence-electron chi connectivity index (χ1n) is 3.66. The second kappa shape index (κ2) is 6.43. The molecule has 0 aromatic heterocycles. The third-order valence-corrected chi connectivity index (χ3v) is 2.35. The van der Waals surface area contributed by atoms with Crippen molar-refractivity contribution < 1.29 is 9.53 Å². The minimum atomic E-state index is -0.367. The first kappa shape index (κ1) is 13.9. The summed E-state index contributed by atoms with van der Waals surface area (Å²) in [6, 6.07) is 5.29. The SMILES string of the molecule is Br.CC(=O)Oc1ccc(CBr)cc1Cl. The molecule has 0 aliphatic carbocycles. The van der Waals surface area contributed by atoms with E-state index >= 15 is 0 Å². The highest BCUT2D eigenvalue weighted by atomic mass is 79.9. The number of ether oxygens (including phenoxy) is 1. The molecule has 0 aliphatic heterocycles. The van der Waals surface area contributed by atoms with Crippen molar-refractivity contribution in [3.8, 4) is 5.75 Å². The lowest BCUT2D eigenvalue weighted by molar-refractivity contribution is -0.131. The predicted octanol–water partition coefficient (Wildman–Crippen LogP) is 3.74. The second-order valence-corrected chi connectivity index (χ2v) is 3.46. The molecule has 0 aliphatic rings. The monoisotopic (exact) mass is 342 g/mol. The maximum absolute atomic E-state index is 10.6. The number of carbonyl (C=O) groups is 1. The van der Waals surface area contributed by atoms with Gasteiger partial charge in [-0.15, -0.1) is 17.0 Å². The lowest BCUT2D eigenvalue weighted by Crippen LogP contribution is -2.01. The molecular weight excluding hydrogens is 335 g/mol. The molecule has 0 unspecified atom stereocenters. The maximum Gasteiger partial charge on any atom is 0.308 e. The van der Waals surface area contributed by atoms with E-state index < -0.39 is 0 Å². The molecule has 14 heavy (non-hydrogen) atoms. The van der Waals surface area contributed by atoms with Gasteiger partial charge < -0.3 is 4.74 Å². The van der Waals surface area contributed by atoms with E-state index in [4.69, 9.17) is 16.3 Å². The third-order valence-electron chi connectivity index (χ3n) is 1.40. The van der Waals surface area contributed by atoms with Gasteiger partial charge in [-0.2, -0.15) is 0 Å². The van der Waals surface area contributed by atoms with Crippen LogP contribution >= 0.6 is 44.5 Å². The van der Waals surface area contributed by atoms with Crippen molar-refractivity contribution in [2.75, 3.05) is 0 Å². The Hall–Kier alpha value is -0.0600. The Labute approximate surface area is 106 Å². The van der Waals surface area contributed by atoms with Gasteiger partial charge in [-0.1, -0.05) is 33.6 Å². The van der Waals surface area contributed by atoms with Crippen molar-refractivity contribution >= 4 is 50.5 Å². The summed E-state index contributed by atoms with van der Waals surface area (Å²) in [4.78, 5) is 10.6. The average molecular weight is 344 g/mol. The molecule has 0 bridgehead atoms. The predicted molar refractivity (Wildman–Crippen MR) is 65.7 cm³/mol. The Kier molecular flexibility index (Phi) is 6.40. The van der Waals surface area contributed by atoms with Crippen molar-refractivity contribution in [3.05, 3.63) is 28.8 Å². The largest absolute Gasteiger partial charge is 0.425 e. The van der Waals surface area contributed by atoms with E-state index in [9.17, 15) is 4.79 Å². The zero-order chi connectivity index (χ0) is 9.84. The summed E-state index contributed by atoms with van der Waals surface area (Å²) in [6.45, 7) is 1.34. The second-order valence-electron chi connectivity index (χ2n) is 2.49. The Morgan fingerprint density at radius 3 is 2.64 bits per heavy atom. The first-order valence-corrected chi connectivity index (χ1v) is 5.16. The molecule has 1 rings (SSSR count). The zero-order valence-electron chi connectivity index (χ0n) is 7.42. The molecule has 0 radical (unpaired) electrons. The van der Waals surface area contributed by atoms with Gasteiger partial charge in [0.25, 0.3) is 0 Å². The fourth-order valence-electron chi connectivity index (χ4n) is 0.865. The number of hydrogen-bond acceptors (Lipinski definition) is 2. The molecule has 0 heterocycles. The normalized spacial score (nSPS) is 9.07. The molecule has 0 amide bonds. The average Bonchev–Trinajstić information content (AvgIpc) is 2.08. The number of esters is 1. The Morgan fingerprint density at radius 2 is 2.21 bits per heavy atom. The highest BCUT2D eigenvalue weighted by Gasteiger charge is 2.04. The summed E-state index contributed by atoms with van der Waals surface area (Å²) in [5.74, 6) is 0.0346. The van der Waals surface area contributed by atoms with Crippen molar-refractivity contribution in [2.24, 2.45) is 0 Å². The molecular formula is C9H9Br2ClO2. The van der Waals surface area contributed by atoms with E-state index in [-0.39, 0.29) is 23.0 Å². The molecule has 0 spiro atoms. The van der Waals surface area contributed by atoms with E-state index in [1.165, 1.54) is 6.92 Å². The maximum atomic E-state index is 10.6. The molecule has 2 nitrogen and oxygen atoms in total. The highest BCUT2D eigenvalue weighted by Crippen LogP contribution is 2.26. The van der Waals surface area contributed by atoms with Gasteiger partial charge in [0.2, 0.25) is 0 Å². The number of halogens is 3. The zero-order valence-corrected chi connectivity index (χ0v) is 11.5. The van der Waals surface area contributed by atoms with Crippen LogP contribution in [0.3, 0.4) is 0 Å². The van der Waals surface area contributed by atoms with Crippen LogP contribution in [-0.2, 0) is 10.1 Å². The minimum Gasteiger partial charge on any atom is -0.425 e. The molecule has 0 fully saturated rings. The number of alkyl halides is 1. The molecule has 78 valence electrons. The summed E-state index contributed by atoms with van der Waals surface area (Å²) in [6.07, 6.45) is 0. The van der Waals surface area contributed by atoms with Crippen LogP contribution in [0.15, 0.2) is 18.2 Å². The molecule has 0 saturated heterocycles. The molecule has 1 aromatic carbocycles. The fraction of sp³-hybridized carbons (Fsp3) is 0.222. The fourth-order valence-corrected chi connectivity index (χ4v) is 1.46. The molecule has 1 aromatic rings. The van der Waals surface area contributed by atoms with Gasteiger partial charge in [-0.25, -0.2) is 0 Å². The van der Waals surface area contributed by atoms with Crippen LogP contribution in [-0.4, -0.2) is 5.97 Å². The van der Waals surface area contributed by atoms with Gasteiger partial charge in [-0.3, -0.25) is 4.79 Å². The van der Waals surface area contributed by atoms with Crippen LogP contribution in [0.1, 0.15) is 12.5 Å². The molecule has 5 heteroatoms. The van der Waals surface area contributed by atoms with Crippen molar-refractivity contribution in [2.45, 2.75) is 12.3 Å².